The van der Waals surface area contributed by atoms with Crippen LogP contribution in [0.1, 0.15) is 43.1 Å². The molecule has 2 aromatic rings. The van der Waals surface area contributed by atoms with Crippen molar-refractivity contribution in [1.82, 2.24) is 4.90 Å². The quantitative estimate of drug-likeness (QED) is 0.781. The highest BCUT2D eigenvalue weighted by molar-refractivity contribution is 7.17. The number of benzene rings is 1. The van der Waals surface area contributed by atoms with Crippen molar-refractivity contribution in [3.63, 3.8) is 0 Å². The van der Waals surface area contributed by atoms with Crippen LogP contribution in [0.25, 0.3) is 0 Å². The lowest BCUT2D eigenvalue weighted by atomic mass is 10.1. The second kappa shape index (κ2) is 8.43. The number of fused-ring (bicyclic) bond motifs is 1. The fourth-order valence-corrected chi connectivity index (χ4v) is 5.04. The first kappa shape index (κ1) is 19.1. The summed E-state index contributed by atoms with van der Waals surface area (Å²) in [5.74, 6) is -0.585. The molecule has 1 N–H and O–H groups in total. The molecule has 2 heterocycles. The van der Waals surface area contributed by atoms with E-state index in [1.807, 2.05) is 24.3 Å². The second-order valence-corrected chi connectivity index (χ2v) is 8.20. The number of rotatable bonds is 5. The third-order valence-electron chi connectivity index (χ3n) is 5.26. The minimum absolute atomic E-state index is 0.206. The van der Waals surface area contributed by atoms with Crippen LogP contribution in [0.4, 0.5) is 5.00 Å². The molecule has 0 unspecified atom stereocenters. The number of nitrogens with one attached hydrogen (secondary N) is 1. The number of hydrogen-bond donors (Lipinski definition) is 1. The van der Waals surface area contributed by atoms with E-state index in [0.717, 1.165) is 57.7 Å². The Labute approximate surface area is 168 Å². The van der Waals surface area contributed by atoms with Gasteiger partial charge in [-0.2, -0.15) is 0 Å². The Morgan fingerprint density at radius 3 is 2.64 bits per heavy atom. The van der Waals surface area contributed by atoms with Gasteiger partial charge in [0.1, 0.15) is 5.00 Å². The van der Waals surface area contributed by atoms with Crippen LogP contribution >= 0.6 is 11.3 Å². The molecular weight excluding hydrogens is 376 g/mol. The first-order valence-electron chi connectivity index (χ1n) is 9.59. The molecule has 1 aliphatic carbocycles. The van der Waals surface area contributed by atoms with E-state index in [2.05, 4.69) is 10.2 Å². The molecule has 7 heteroatoms. The molecule has 1 aromatic heterocycles. The Balaban J connectivity index is 1.46. The summed E-state index contributed by atoms with van der Waals surface area (Å²) in [5.41, 5.74) is 3.31. The number of hydrogen-bond acceptors (Lipinski definition) is 6. The van der Waals surface area contributed by atoms with Crippen LogP contribution < -0.4 is 5.32 Å². The number of esters is 1. The third-order valence-corrected chi connectivity index (χ3v) is 6.47. The minimum atomic E-state index is -0.379. The van der Waals surface area contributed by atoms with E-state index >= 15 is 0 Å². The van der Waals surface area contributed by atoms with Gasteiger partial charge in [-0.25, -0.2) is 4.79 Å². The van der Waals surface area contributed by atoms with Gasteiger partial charge in [-0.3, -0.25) is 9.69 Å². The number of morpholine rings is 1. The van der Waals surface area contributed by atoms with Gasteiger partial charge >= 0.3 is 5.97 Å². The normalized spacial score (nSPS) is 16.6. The summed E-state index contributed by atoms with van der Waals surface area (Å²) in [6.45, 7) is 4.26. The van der Waals surface area contributed by atoms with Crippen LogP contribution in [0.15, 0.2) is 24.3 Å². The van der Waals surface area contributed by atoms with E-state index in [1.54, 1.807) is 0 Å². The molecule has 2 aliphatic rings. The predicted octanol–water partition coefficient (Wildman–Crippen LogP) is 3.11. The molecule has 0 radical (unpaired) electrons. The van der Waals surface area contributed by atoms with Gasteiger partial charge in [-0.05, 0) is 42.5 Å². The highest BCUT2D eigenvalue weighted by atomic mass is 32.1. The molecule has 1 saturated heterocycles. The first-order chi connectivity index (χ1) is 13.7. The van der Waals surface area contributed by atoms with E-state index in [4.69, 9.17) is 9.47 Å². The summed E-state index contributed by atoms with van der Waals surface area (Å²) in [7, 11) is 1.38. The first-order valence-corrected chi connectivity index (χ1v) is 10.4. The number of ether oxygens (including phenoxy) is 2. The zero-order valence-corrected chi connectivity index (χ0v) is 16.8. The Bertz CT molecular complexity index is 869. The molecule has 148 valence electrons. The van der Waals surface area contributed by atoms with Gasteiger partial charge in [0.2, 0.25) is 0 Å². The SMILES string of the molecule is COC(=O)c1c(NC(=O)c2ccc(CN3CCOCC3)cc2)sc2c1CCC2. The Hall–Kier alpha value is -2.22. The number of anilines is 1. The van der Waals surface area contributed by atoms with Crippen molar-refractivity contribution in [2.45, 2.75) is 25.8 Å². The lowest BCUT2D eigenvalue weighted by Gasteiger charge is -2.26. The zero-order chi connectivity index (χ0) is 19.5. The molecule has 1 aliphatic heterocycles. The number of thiophene rings is 1. The van der Waals surface area contributed by atoms with Crippen LogP contribution in [0, 0.1) is 0 Å². The number of aryl methyl sites for hydroxylation is 1. The second-order valence-electron chi connectivity index (χ2n) is 7.09. The molecule has 0 spiro atoms. The summed E-state index contributed by atoms with van der Waals surface area (Å²) >= 11 is 1.49. The lowest BCUT2D eigenvalue weighted by molar-refractivity contribution is 0.0342. The van der Waals surface area contributed by atoms with Crippen molar-refractivity contribution in [1.29, 1.82) is 0 Å². The van der Waals surface area contributed by atoms with Gasteiger partial charge in [0.25, 0.3) is 5.91 Å². The largest absolute Gasteiger partial charge is 0.465 e. The lowest BCUT2D eigenvalue weighted by Crippen LogP contribution is -2.35. The average Bonchev–Trinajstić information content (AvgIpc) is 3.29. The molecule has 1 amide bonds. The molecule has 4 rings (SSSR count). The number of methoxy groups -OCH3 is 1. The van der Waals surface area contributed by atoms with E-state index in [1.165, 1.54) is 28.9 Å². The molecule has 0 atom stereocenters. The summed E-state index contributed by atoms with van der Waals surface area (Å²) in [6.07, 6.45) is 2.86. The van der Waals surface area contributed by atoms with Gasteiger partial charge in [0, 0.05) is 30.1 Å². The maximum Gasteiger partial charge on any atom is 0.341 e. The van der Waals surface area contributed by atoms with Crippen molar-refractivity contribution < 1.29 is 19.1 Å². The standard InChI is InChI=1S/C21H24N2O4S/c1-26-21(25)18-16-3-2-4-17(16)28-20(18)22-19(24)15-7-5-14(6-8-15)13-23-9-11-27-12-10-23/h5-8H,2-4,9-13H2,1H3,(H,22,24). The predicted molar refractivity (Wildman–Crippen MR) is 108 cm³/mol. The van der Waals surface area contributed by atoms with Crippen LogP contribution in [0.3, 0.4) is 0 Å². The van der Waals surface area contributed by atoms with Crippen molar-refractivity contribution in [2.75, 3.05) is 38.7 Å². The third kappa shape index (κ3) is 3.97. The number of nitrogens with zero attached hydrogens (tertiary/aromatic N) is 1. The van der Waals surface area contributed by atoms with E-state index in [-0.39, 0.29) is 11.9 Å². The molecule has 0 saturated carbocycles. The molecule has 0 bridgehead atoms. The van der Waals surface area contributed by atoms with Crippen LogP contribution in [-0.4, -0.2) is 50.2 Å². The fourth-order valence-electron chi connectivity index (χ4n) is 3.76. The number of carbonyl (C=O) groups excluding carboxylic acids is 2. The van der Waals surface area contributed by atoms with E-state index < -0.39 is 0 Å². The van der Waals surface area contributed by atoms with Gasteiger partial charge in [-0.1, -0.05) is 12.1 Å². The van der Waals surface area contributed by atoms with Gasteiger partial charge in [0.15, 0.2) is 0 Å². The molecule has 28 heavy (non-hydrogen) atoms. The Morgan fingerprint density at radius 2 is 1.93 bits per heavy atom. The van der Waals surface area contributed by atoms with Crippen molar-refractivity contribution in [3.8, 4) is 0 Å². The summed E-state index contributed by atoms with van der Waals surface area (Å²) in [6, 6.07) is 7.65. The maximum absolute atomic E-state index is 12.7. The van der Waals surface area contributed by atoms with Crippen LogP contribution in [0.2, 0.25) is 0 Å². The number of carbonyl (C=O) groups is 2. The molecule has 1 fully saturated rings. The van der Waals surface area contributed by atoms with Crippen molar-refractivity contribution in [3.05, 3.63) is 51.4 Å². The highest BCUT2D eigenvalue weighted by Crippen LogP contribution is 2.39. The topological polar surface area (TPSA) is 67.9 Å². The molecule has 1 aromatic carbocycles. The zero-order valence-electron chi connectivity index (χ0n) is 16.0. The minimum Gasteiger partial charge on any atom is -0.465 e. The van der Waals surface area contributed by atoms with E-state index in [9.17, 15) is 9.59 Å². The van der Waals surface area contributed by atoms with Gasteiger partial charge in [-0.15, -0.1) is 11.3 Å². The number of amides is 1. The van der Waals surface area contributed by atoms with Crippen LogP contribution in [0.5, 0.6) is 0 Å². The summed E-state index contributed by atoms with van der Waals surface area (Å²) in [5, 5.41) is 3.52. The van der Waals surface area contributed by atoms with Gasteiger partial charge in [0.05, 0.1) is 25.9 Å². The summed E-state index contributed by atoms with van der Waals surface area (Å²) in [4.78, 5) is 28.5. The Kier molecular flexibility index (Phi) is 5.75. The van der Waals surface area contributed by atoms with Crippen LogP contribution in [-0.2, 0) is 28.9 Å². The highest BCUT2D eigenvalue weighted by Gasteiger charge is 2.28. The molecule has 6 nitrogen and oxygen atoms in total. The molecular formula is C21H24N2O4S. The smallest absolute Gasteiger partial charge is 0.341 e. The monoisotopic (exact) mass is 400 g/mol. The summed E-state index contributed by atoms with van der Waals surface area (Å²) < 4.78 is 10.3. The Morgan fingerprint density at radius 1 is 1.18 bits per heavy atom. The van der Waals surface area contributed by atoms with Crippen molar-refractivity contribution >= 4 is 28.2 Å². The maximum atomic E-state index is 12.7. The average molecular weight is 401 g/mol. The van der Waals surface area contributed by atoms with E-state index in [0.29, 0.717) is 16.1 Å². The van der Waals surface area contributed by atoms with Gasteiger partial charge < -0.3 is 14.8 Å². The fraction of sp³-hybridized carbons (Fsp3) is 0.429. The van der Waals surface area contributed by atoms with Crippen molar-refractivity contribution in [2.24, 2.45) is 0 Å².